The molecule has 0 bridgehead atoms. The predicted octanol–water partition coefficient (Wildman–Crippen LogP) is 5.52. The number of carbonyl (C=O) groups excluding carboxylic acids is 1. The Balaban J connectivity index is 1.79. The van der Waals surface area contributed by atoms with Crippen molar-refractivity contribution >= 4 is 40.3 Å². The van der Waals surface area contributed by atoms with Crippen LogP contribution in [-0.2, 0) is 4.79 Å². The summed E-state index contributed by atoms with van der Waals surface area (Å²) in [5.74, 6) is -0.626. The van der Waals surface area contributed by atoms with E-state index in [1.807, 2.05) is 62.4 Å². The summed E-state index contributed by atoms with van der Waals surface area (Å²) in [4.78, 5) is 20.1. The van der Waals surface area contributed by atoms with Gasteiger partial charge in [0.15, 0.2) is 16.7 Å². The molecule has 0 aliphatic carbocycles. The number of amidine groups is 1. The lowest BCUT2D eigenvalue weighted by molar-refractivity contribution is -0.113. The second-order valence-corrected chi connectivity index (χ2v) is 8.08. The zero-order chi connectivity index (χ0) is 21.3. The maximum Gasteiger partial charge on any atom is 0.271 e. The lowest BCUT2D eigenvalue weighted by atomic mass is 10.1. The first-order chi connectivity index (χ1) is 14.4. The molecule has 6 heteroatoms. The molecule has 4 rings (SSSR count). The monoisotopic (exact) mass is 416 g/mol. The van der Waals surface area contributed by atoms with Gasteiger partial charge in [-0.05, 0) is 84.8 Å². The van der Waals surface area contributed by atoms with Crippen LogP contribution in [0.3, 0.4) is 0 Å². The average Bonchev–Trinajstić information content (AvgIpc) is 2.99. The van der Waals surface area contributed by atoms with Crippen LogP contribution in [0.15, 0.2) is 76.6 Å². The Morgan fingerprint density at radius 3 is 2.33 bits per heavy atom. The molecule has 1 aliphatic rings. The number of aryl methyl sites for hydroxylation is 2. The Kier molecular flexibility index (Phi) is 5.33. The maximum absolute atomic E-state index is 13.3. The zero-order valence-electron chi connectivity index (χ0n) is 16.5. The van der Waals surface area contributed by atoms with Crippen LogP contribution >= 0.6 is 11.8 Å². The number of aliphatic imine (C=N–C) groups is 1. The second-order valence-electron chi connectivity index (χ2n) is 7.07. The fraction of sp³-hybridized carbons (Fsp3) is 0.0833. The summed E-state index contributed by atoms with van der Waals surface area (Å²) in [6.45, 7) is 3.97. The van der Waals surface area contributed by atoms with E-state index in [2.05, 4.69) is 0 Å². The van der Waals surface area contributed by atoms with E-state index in [4.69, 9.17) is 4.99 Å². The van der Waals surface area contributed by atoms with Crippen LogP contribution < -0.4 is 4.90 Å². The number of carbonyl (C=O) groups is 1. The van der Waals surface area contributed by atoms with Crippen LogP contribution in [0.2, 0.25) is 0 Å². The molecule has 3 aromatic carbocycles. The topological polar surface area (TPSA) is 73.1 Å². The minimum Gasteiger partial charge on any atom is -0.504 e. The van der Waals surface area contributed by atoms with Crippen molar-refractivity contribution in [3.05, 3.63) is 88.3 Å². The Morgan fingerprint density at radius 1 is 0.900 bits per heavy atom. The summed E-state index contributed by atoms with van der Waals surface area (Å²) < 4.78 is 0. The van der Waals surface area contributed by atoms with Crippen LogP contribution in [-0.4, -0.2) is 21.3 Å². The quantitative estimate of drug-likeness (QED) is 0.435. The molecular formula is C24H20N2O3S. The van der Waals surface area contributed by atoms with E-state index in [1.165, 1.54) is 23.9 Å². The van der Waals surface area contributed by atoms with E-state index in [0.717, 1.165) is 22.5 Å². The van der Waals surface area contributed by atoms with Gasteiger partial charge in [-0.25, -0.2) is 4.99 Å². The van der Waals surface area contributed by atoms with Crippen LogP contribution in [0.4, 0.5) is 11.4 Å². The van der Waals surface area contributed by atoms with Crippen molar-refractivity contribution < 1.29 is 15.0 Å². The summed E-state index contributed by atoms with van der Waals surface area (Å²) in [6.07, 6.45) is 1.69. The fourth-order valence-electron chi connectivity index (χ4n) is 3.13. The largest absolute Gasteiger partial charge is 0.504 e. The zero-order valence-corrected chi connectivity index (χ0v) is 17.4. The van der Waals surface area contributed by atoms with Crippen molar-refractivity contribution in [1.82, 2.24) is 0 Å². The number of hydrogen-bond acceptors (Lipinski definition) is 5. The van der Waals surface area contributed by atoms with Gasteiger partial charge >= 0.3 is 0 Å². The van der Waals surface area contributed by atoms with Gasteiger partial charge in [-0.2, -0.15) is 0 Å². The Labute approximate surface area is 179 Å². The number of amides is 1. The average molecular weight is 417 g/mol. The third kappa shape index (κ3) is 4.09. The third-order valence-corrected chi connectivity index (χ3v) is 5.56. The lowest BCUT2D eigenvalue weighted by Crippen LogP contribution is -2.28. The number of nitrogens with zero attached hydrogens (tertiary/aromatic N) is 2. The van der Waals surface area contributed by atoms with E-state index in [0.29, 0.717) is 15.6 Å². The molecule has 3 aromatic rings. The molecule has 2 N–H and O–H groups in total. The molecule has 1 aliphatic heterocycles. The molecule has 0 radical (unpaired) electrons. The van der Waals surface area contributed by atoms with Gasteiger partial charge in [0.05, 0.1) is 16.3 Å². The summed E-state index contributed by atoms with van der Waals surface area (Å²) in [7, 11) is 0. The molecule has 0 unspecified atom stereocenters. The van der Waals surface area contributed by atoms with E-state index >= 15 is 0 Å². The van der Waals surface area contributed by atoms with Crippen molar-refractivity contribution in [2.24, 2.45) is 4.99 Å². The predicted molar refractivity (Wildman–Crippen MR) is 122 cm³/mol. The van der Waals surface area contributed by atoms with Gasteiger partial charge in [0.25, 0.3) is 5.91 Å². The summed E-state index contributed by atoms with van der Waals surface area (Å²) in [5.41, 5.74) is 4.26. The Morgan fingerprint density at radius 2 is 1.63 bits per heavy atom. The molecule has 0 saturated carbocycles. The highest BCUT2D eigenvalue weighted by Gasteiger charge is 2.34. The Bertz CT molecular complexity index is 1200. The van der Waals surface area contributed by atoms with Crippen LogP contribution in [0.5, 0.6) is 11.5 Å². The van der Waals surface area contributed by atoms with Crippen LogP contribution in [0.25, 0.3) is 6.08 Å². The standard InChI is InChI=1S/C24H20N2O3S/c1-15-5-3-7-18(11-15)25-24-26(19-8-4-6-16(2)12-19)23(29)22(30-24)14-17-9-10-20(27)21(28)13-17/h3-14,27-28H,1-2H3/b22-14-,25-24?. The van der Waals surface area contributed by atoms with Gasteiger partial charge in [0, 0.05) is 0 Å². The molecule has 0 aromatic heterocycles. The minimum absolute atomic E-state index is 0.190. The smallest absolute Gasteiger partial charge is 0.271 e. The van der Waals surface area contributed by atoms with E-state index in [1.54, 1.807) is 17.0 Å². The molecule has 1 heterocycles. The molecule has 5 nitrogen and oxygen atoms in total. The highest BCUT2D eigenvalue weighted by Crippen LogP contribution is 2.38. The van der Waals surface area contributed by atoms with Gasteiger partial charge in [-0.3, -0.25) is 9.69 Å². The van der Waals surface area contributed by atoms with Crippen LogP contribution in [0.1, 0.15) is 16.7 Å². The van der Waals surface area contributed by atoms with Gasteiger partial charge in [-0.15, -0.1) is 0 Å². The first-order valence-corrected chi connectivity index (χ1v) is 10.2. The number of rotatable bonds is 3. The highest BCUT2D eigenvalue weighted by molar-refractivity contribution is 8.19. The van der Waals surface area contributed by atoms with Gasteiger partial charge < -0.3 is 10.2 Å². The normalized spacial score (nSPS) is 16.6. The molecular weight excluding hydrogens is 396 g/mol. The molecule has 1 fully saturated rings. The molecule has 150 valence electrons. The van der Waals surface area contributed by atoms with Crippen molar-refractivity contribution in [1.29, 1.82) is 0 Å². The van der Waals surface area contributed by atoms with E-state index < -0.39 is 0 Å². The molecule has 0 spiro atoms. The first-order valence-electron chi connectivity index (χ1n) is 9.39. The lowest BCUT2D eigenvalue weighted by Gasteiger charge is -2.16. The molecule has 0 atom stereocenters. The van der Waals surface area contributed by atoms with Crippen molar-refractivity contribution in [3.63, 3.8) is 0 Å². The molecule has 1 amide bonds. The maximum atomic E-state index is 13.3. The highest BCUT2D eigenvalue weighted by atomic mass is 32.2. The van der Waals surface area contributed by atoms with E-state index in [-0.39, 0.29) is 17.4 Å². The number of benzene rings is 3. The number of anilines is 1. The van der Waals surface area contributed by atoms with Crippen LogP contribution in [0, 0.1) is 13.8 Å². The van der Waals surface area contributed by atoms with Gasteiger partial charge in [-0.1, -0.05) is 30.3 Å². The summed E-state index contributed by atoms with van der Waals surface area (Å²) in [6, 6.07) is 20.0. The third-order valence-electron chi connectivity index (χ3n) is 4.59. The van der Waals surface area contributed by atoms with E-state index in [9.17, 15) is 15.0 Å². The number of phenols is 2. The van der Waals surface area contributed by atoms with Gasteiger partial charge in [0.1, 0.15) is 0 Å². The number of aromatic hydroxyl groups is 2. The molecule has 30 heavy (non-hydrogen) atoms. The SMILES string of the molecule is Cc1cccc(N=C2S/C(=C\c3ccc(O)c(O)c3)C(=O)N2c2cccc(C)c2)c1. The van der Waals surface area contributed by atoms with Crippen molar-refractivity contribution in [2.45, 2.75) is 13.8 Å². The van der Waals surface area contributed by atoms with Gasteiger partial charge in [0.2, 0.25) is 0 Å². The fourth-order valence-corrected chi connectivity index (χ4v) is 4.13. The number of hydrogen-bond donors (Lipinski definition) is 2. The summed E-state index contributed by atoms with van der Waals surface area (Å²) in [5, 5.41) is 19.9. The minimum atomic E-state index is -0.232. The Hall–Kier alpha value is -3.51. The number of phenolic OH excluding ortho intramolecular Hbond substituents is 2. The summed E-state index contributed by atoms with van der Waals surface area (Å²) >= 11 is 1.28. The first kappa shape index (κ1) is 19.8. The molecule has 1 saturated heterocycles. The number of thioether (sulfide) groups is 1. The van der Waals surface area contributed by atoms with Crippen molar-refractivity contribution in [3.8, 4) is 11.5 Å². The second kappa shape index (κ2) is 8.08. The van der Waals surface area contributed by atoms with Crippen molar-refractivity contribution in [2.75, 3.05) is 4.90 Å².